The minimum absolute atomic E-state index is 0.0780. The van der Waals surface area contributed by atoms with E-state index in [2.05, 4.69) is 15.9 Å². The number of hydrogen-bond donors (Lipinski definition) is 1. The second-order valence-electron chi connectivity index (χ2n) is 3.14. The molecule has 1 aromatic rings. The van der Waals surface area contributed by atoms with E-state index < -0.39 is 5.91 Å². The number of carbonyl (C=O) groups is 2. The van der Waals surface area contributed by atoms with Crippen molar-refractivity contribution in [2.24, 2.45) is 5.73 Å². The number of benzene rings is 1. The summed E-state index contributed by atoms with van der Waals surface area (Å²) < 4.78 is 0.820. The van der Waals surface area contributed by atoms with Crippen LogP contribution in [0.15, 0.2) is 28.7 Å². The van der Waals surface area contributed by atoms with Crippen molar-refractivity contribution in [3.63, 3.8) is 0 Å². The van der Waals surface area contributed by atoms with Gasteiger partial charge in [-0.05, 0) is 18.2 Å². The molecule has 0 unspecified atom stereocenters. The van der Waals surface area contributed by atoms with Crippen LogP contribution in [0.1, 0.15) is 10.4 Å². The zero-order valence-corrected chi connectivity index (χ0v) is 9.82. The number of nitrogens with zero attached hydrogens (tertiary/aromatic N) is 1. The maximum Gasteiger partial charge on any atom is 0.254 e. The Labute approximate surface area is 96.2 Å². The monoisotopic (exact) mass is 270 g/mol. The largest absolute Gasteiger partial charge is 0.368 e. The van der Waals surface area contributed by atoms with Crippen molar-refractivity contribution in [1.82, 2.24) is 4.90 Å². The fraction of sp³-hybridized carbons (Fsp3) is 0.200. The second kappa shape index (κ2) is 4.93. The maximum absolute atomic E-state index is 11.7. The summed E-state index contributed by atoms with van der Waals surface area (Å²) in [4.78, 5) is 23.6. The first-order valence-electron chi connectivity index (χ1n) is 4.30. The van der Waals surface area contributed by atoms with Crippen molar-refractivity contribution in [3.05, 3.63) is 34.3 Å². The summed E-state index contributed by atoms with van der Waals surface area (Å²) in [6.07, 6.45) is 0. The predicted octanol–water partition coefficient (Wildman–Crippen LogP) is 1.01. The lowest BCUT2D eigenvalue weighted by Gasteiger charge is -2.14. The van der Waals surface area contributed by atoms with E-state index >= 15 is 0 Å². The fourth-order valence-electron chi connectivity index (χ4n) is 1.15. The molecule has 0 aliphatic rings. The Bertz CT molecular complexity index is 393. The lowest BCUT2D eigenvalue weighted by atomic mass is 10.2. The second-order valence-corrected chi connectivity index (χ2v) is 4.05. The van der Waals surface area contributed by atoms with Crippen LogP contribution in [0, 0.1) is 0 Å². The molecule has 0 fully saturated rings. The molecule has 80 valence electrons. The Balaban J connectivity index is 2.80. The molecule has 1 rings (SSSR count). The molecule has 4 nitrogen and oxygen atoms in total. The van der Waals surface area contributed by atoms with Gasteiger partial charge in [-0.1, -0.05) is 22.0 Å². The van der Waals surface area contributed by atoms with Crippen molar-refractivity contribution in [2.75, 3.05) is 13.6 Å². The summed E-state index contributed by atoms with van der Waals surface area (Å²) >= 11 is 3.27. The van der Waals surface area contributed by atoms with Crippen molar-refractivity contribution < 1.29 is 9.59 Å². The Morgan fingerprint density at radius 1 is 1.47 bits per heavy atom. The summed E-state index contributed by atoms with van der Waals surface area (Å²) in [6.45, 7) is -0.0780. The van der Waals surface area contributed by atoms with Gasteiger partial charge < -0.3 is 10.6 Å². The molecule has 0 bridgehead atoms. The molecule has 0 saturated heterocycles. The lowest BCUT2D eigenvalue weighted by Crippen LogP contribution is -2.35. The fourth-order valence-corrected chi connectivity index (χ4v) is 1.55. The molecule has 0 aromatic heterocycles. The van der Waals surface area contributed by atoms with Gasteiger partial charge >= 0.3 is 0 Å². The van der Waals surface area contributed by atoms with Gasteiger partial charge in [-0.15, -0.1) is 0 Å². The molecule has 0 aliphatic heterocycles. The van der Waals surface area contributed by atoms with Crippen molar-refractivity contribution in [1.29, 1.82) is 0 Å². The molecular formula is C10H11BrN2O2. The number of rotatable bonds is 3. The molecule has 0 radical (unpaired) electrons. The zero-order chi connectivity index (χ0) is 11.4. The standard InChI is InChI=1S/C10H11BrN2O2/c1-13(6-9(12)14)10(15)7-3-2-4-8(11)5-7/h2-5H,6H2,1H3,(H2,12,14). The number of nitrogens with two attached hydrogens (primary N) is 1. The Morgan fingerprint density at radius 3 is 2.67 bits per heavy atom. The zero-order valence-electron chi connectivity index (χ0n) is 8.24. The van der Waals surface area contributed by atoms with Gasteiger partial charge in [0.15, 0.2) is 0 Å². The molecule has 2 N–H and O–H groups in total. The quantitative estimate of drug-likeness (QED) is 0.891. The average molecular weight is 271 g/mol. The van der Waals surface area contributed by atoms with Gasteiger partial charge in [0.25, 0.3) is 5.91 Å². The van der Waals surface area contributed by atoms with Crippen molar-refractivity contribution >= 4 is 27.7 Å². The SMILES string of the molecule is CN(CC(N)=O)C(=O)c1cccc(Br)c1. The number of carbonyl (C=O) groups excluding carboxylic acids is 2. The molecule has 0 atom stereocenters. The Hall–Kier alpha value is -1.36. The minimum Gasteiger partial charge on any atom is -0.368 e. The van der Waals surface area contributed by atoms with Crippen LogP contribution in [0.3, 0.4) is 0 Å². The summed E-state index contributed by atoms with van der Waals surface area (Å²) in [6, 6.07) is 6.96. The van der Waals surface area contributed by atoms with Crippen LogP contribution in [0.2, 0.25) is 0 Å². The highest BCUT2D eigenvalue weighted by atomic mass is 79.9. The van der Waals surface area contributed by atoms with Crippen LogP contribution in [0.5, 0.6) is 0 Å². The van der Waals surface area contributed by atoms with Crippen LogP contribution in [0.25, 0.3) is 0 Å². The van der Waals surface area contributed by atoms with Crippen molar-refractivity contribution in [3.8, 4) is 0 Å². The highest BCUT2D eigenvalue weighted by molar-refractivity contribution is 9.10. The van der Waals surface area contributed by atoms with Crippen LogP contribution in [-0.4, -0.2) is 30.3 Å². The molecule has 2 amide bonds. The van der Waals surface area contributed by atoms with Crippen LogP contribution >= 0.6 is 15.9 Å². The van der Waals surface area contributed by atoms with Gasteiger partial charge in [0.2, 0.25) is 5.91 Å². The van der Waals surface area contributed by atoms with E-state index in [1.165, 1.54) is 11.9 Å². The minimum atomic E-state index is -0.527. The highest BCUT2D eigenvalue weighted by Gasteiger charge is 2.13. The number of primary amides is 1. The third-order valence-corrected chi connectivity index (χ3v) is 2.30. The average Bonchev–Trinajstić information content (AvgIpc) is 2.15. The van der Waals surface area contributed by atoms with E-state index in [1.54, 1.807) is 18.2 Å². The van der Waals surface area contributed by atoms with Crippen molar-refractivity contribution in [2.45, 2.75) is 0 Å². The molecule has 5 heteroatoms. The number of likely N-dealkylation sites (N-methyl/N-ethyl adjacent to an activating group) is 1. The molecule has 0 heterocycles. The highest BCUT2D eigenvalue weighted by Crippen LogP contribution is 2.12. The van der Waals surface area contributed by atoms with E-state index in [-0.39, 0.29) is 12.5 Å². The van der Waals surface area contributed by atoms with Gasteiger partial charge in [0.1, 0.15) is 0 Å². The third-order valence-electron chi connectivity index (χ3n) is 1.81. The van der Waals surface area contributed by atoms with E-state index in [4.69, 9.17) is 5.73 Å². The van der Waals surface area contributed by atoms with E-state index in [9.17, 15) is 9.59 Å². The number of hydrogen-bond acceptors (Lipinski definition) is 2. The number of halogens is 1. The van der Waals surface area contributed by atoms with Crippen LogP contribution < -0.4 is 5.73 Å². The smallest absolute Gasteiger partial charge is 0.254 e. The maximum atomic E-state index is 11.7. The van der Waals surface area contributed by atoms with Gasteiger partial charge in [0.05, 0.1) is 6.54 Å². The van der Waals surface area contributed by atoms with E-state index in [1.807, 2.05) is 6.07 Å². The Kier molecular flexibility index (Phi) is 3.85. The van der Waals surface area contributed by atoms with E-state index in [0.717, 1.165) is 4.47 Å². The molecule has 15 heavy (non-hydrogen) atoms. The summed E-state index contributed by atoms with van der Waals surface area (Å²) in [7, 11) is 1.54. The Morgan fingerprint density at radius 2 is 2.13 bits per heavy atom. The first-order valence-corrected chi connectivity index (χ1v) is 5.09. The molecular weight excluding hydrogens is 260 g/mol. The topological polar surface area (TPSA) is 63.4 Å². The normalized spacial score (nSPS) is 9.73. The molecule has 0 saturated carbocycles. The molecule has 1 aromatic carbocycles. The van der Waals surface area contributed by atoms with Crippen LogP contribution in [-0.2, 0) is 4.79 Å². The third kappa shape index (κ3) is 3.36. The summed E-state index contributed by atoms with van der Waals surface area (Å²) in [5, 5.41) is 0. The van der Waals surface area contributed by atoms with E-state index in [0.29, 0.717) is 5.56 Å². The molecule has 0 spiro atoms. The summed E-state index contributed by atoms with van der Waals surface area (Å²) in [5.41, 5.74) is 5.52. The lowest BCUT2D eigenvalue weighted by molar-refractivity contribution is -0.118. The first-order chi connectivity index (χ1) is 7.00. The number of amides is 2. The summed E-state index contributed by atoms with van der Waals surface area (Å²) in [5.74, 6) is -0.754. The van der Waals surface area contributed by atoms with Gasteiger partial charge in [-0.3, -0.25) is 9.59 Å². The first kappa shape index (κ1) is 11.7. The van der Waals surface area contributed by atoms with Gasteiger partial charge in [-0.25, -0.2) is 0 Å². The van der Waals surface area contributed by atoms with Crippen LogP contribution in [0.4, 0.5) is 0 Å². The molecule has 0 aliphatic carbocycles. The predicted molar refractivity (Wildman–Crippen MR) is 60.3 cm³/mol. The van der Waals surface area contributed by atoms with Gasteiger partial charge in [0, 0.05) is 17.1 Å². The van der Waals surface area contributed by atoms with Gasteiger partial charge in [-0.2, -0.15) is 0 Å².